The molecule has 2 unspecified atom stereocenters. The van der Waals surface area contributed by atoms with Crippen molar-refractivity contribution < 1.29 is 9.59 Å². The fourth-order valence-electron chi connectivity index (χ4n) is 3.73. The monoisotopic (exact) mass is 468 g/mol. The fraction of sp³-hybridized carbons (Fsp3) is 0.348. The summed E-state index contributed by atoms with van der Waals surface area (Å²) in [6, 6.07) is 19.1. The van der Waals surface area contributed by atoms with E-state index < -0.39 is 0 Å². The van der Waals surface area contributed by atoms with E-state index in [1.54, 1.807) is 0 Å². The maximum Gasteiger partial charge on any atom is 0.225 e. The minimum absolute atomic E-state index is 0.00420. The molecule has 1 fully saturated rings. The summed E-state index contributed by atoms with van der Waals surface area (Å²) >= 11 is 3.41. The molecule has 1 aliphatic heterocycles. The number of halogens is 1. The van der Waals surface area contributed by atoms with Gasteiger partial charge >= 0.3 is 0 Å². The van der Waals surface area contributed by atoms with Gasteiger partial charge in [-0.25, -0.2) is 0 Å². The van der Waals surface area contributed by atoms with Crippen LogP contribution in [0.4, 0.5) is 0 Å². The molecule has 0 bridgehead atoms. The van der Waals surface area contributed by atoms with E-state index >= 15 is 0 Å². The summed E-state index contributed by atoms with van der Waals surface area (Å²) in [4.78, 5) is 28.5. The van der Waals surface area contributed by atoms with Crippen molar-refractivity contribution in [3.05, 3.63) is 70.2 Å². The summed E-state index contributed by atoms with van der Waals surface area (Å²) in [6.07, 6.45) is 0.210. The lowest BCUT2D eigenvalue weighted by Crippen LogP contribution is -2.50. The van der Waals surface area contributed by atoms with Crippen LogP contribution in [0.15, 0.2) is 59.1 Å². The van der Waals surface area contributed by atoms with E-state index in [0.717, 1.165) is 15.6 Å². The van der Waals surface area contributed by atoms with Crippen LogP contribution in [-0.2, 0) is 9.59 Å². The zero-order chi connectivity index (χ0) is 21.5. The first-order valence-electron chi connectivity index (χ1n) is 9.97. The molecule has 7 heteroatoms. The predicted octanol–water partition coefficient (Wildman–Crippen LogP) is 3.43. The van der Waals surface area contributed by atoms with Crippen LogP contribution in [0.3, 0.4) is 0 Å². The van der Waals surface area contributed by atoms with Crippen LogP contribution in [0.5, 0.6) is 0 Å². The summed E-state index contributed by atoms with van der Waals surface area (Å²) in [7, 11) is 0. The first-order chi connectivity index (χ1) is 14.5. The van der Waals surface area contributed by atoms with E-state index in [4.69, 9.17) is 0 Å². The lowest BCUT2D eigenvalue weighted by atomic mass is 10.0. The van der Waals surface area contributed by atoms with Gasteiger partial charge in [-0.2, -0.15) is 5.26 Å². The second kappa shape index (κ2) is 10.4. The quantitative estimate of drug-likeness (QED) is 0.704. The molecule has 0 radical (unpaired) electrons. The molecule has 0 aliphatic carbocycles. The molecule has 2 aromatic carbocycles. The molecule has 0 saturated carbocycles. The minimum atomic E-state index is -0.364. The van der Waals surface area contributed by atoms with Gasteiger partial charge in [-0.3, -0.25) is 14.5 Å². The van der Waals surface area contributed by atoms with Gasteiger partial charge in [-0.05, 0) is 23.3 Å². The summed E-state index contributed by atoms with van der Waals surface area (Å²) in [5.41, 5.74) is 1.87. The van der Waals surface area contributed by atoms with E-state index in [2.05, 4.69) is 32.2 Å². The molecule has 2 aromatic rings. The van der Waals surface area contributed by atoms with Crippen molar-refractivity contribution in [1.82, 2.24) is 15.1 Å². The number of benzene rings is 2. The second-order valence-corrected chi connectivity index (χ2v) is 8.28. The number of nitrogens with one attached hydrogen (secondary N) is 1. The van der Waals surface area contributed by atoms with Crippen molar-refractivity contribution in [2.45, 2.75) is 25.4 Å². The lowest BCUT2D eigenvalue weighted by molar-refractivity contribution is -0.134. The first kappa shape index (κ1) is 22.0. The molecule has 1 aliphatic rings. The Morgan fingerprint density at radius 3 is 2.23 bits per heavy atom. The van der Waals surface area contributed by atoms with Crippen molar-refractivity contribution in [3.8, 4) is 6.07 Å². The number of hydrogen-bond donors (Lipinski definition) is 1. The van der Waals surface area contributed by atoms with Gasteiger partial charge in [0.2, 0.25) is 11.8 Å². The Bertz CT molecular complexity index is 903. The minimum Gasteiger partial charge on any atom is -0.349 e. The highest BCUT2D eigenvalue weighted by atomic mass is 79.9. The van der Waals surface area contributed by atoms with Gasteiger partial charge in [0.15, 0.2) is 0 Å². The van der Waals surface area contributed by atoms with Crippen LogP contribution in [0.25, 0.3) is 0 Å². The maximum absolute atomic E-state index is 12.9. The maximum atomic E-state index is 12.9. The number of carbonyl (C=O) groups excluding carboxylic acids is 2. The molecule has 30 heavy (non-hydrogen) atoms. The average molecular weight is 469 g/mol. The van der Waals surface area contributed by atoms with Crippen LogP contribution >= 0.6 is 15.9 Å². The number of carbonyl (C=O) groups is 2. The Labute approximate surface area is 185 Å². The third kappa shape index (κ3) is 5.68. The zero-order valence-corrected chi connectivity index (χ0v) is 18.5. The van der Waals surface area contributed by atoms with Crippen molar-refractivity contribution in [2.75, 3.05) is 26.2 Å². The van der Waals surface area contributed by atoms with Crippen LogP contribution in [0, 0.1) is 11.3 Å². The summed E-state index contributed by atoms with van der Waals surface area (Å²) in [5, 5.41) is 12.5. The van der Waals surface area contributed by atoms with Crippen molar-refractivity contribution in [1.29, 1.82) is 5.26 Å². The highest BCUT2D eigenvalue weighted by Gasteiger charge is 2.28. The predicted molar refractivity (Wildman–Crippen MR) is 118 cm³/mol. The molecule has 1 heterocycles. The topological polar surface area (TPSA) is 76.4 Å². The standard InChI is InChI=1S/C23H25BrN4O2/c1-17(29)26-21(18-7-9-20(24)10-8-18)15-23(30)28-13-11-27(12-14-28)22(16-25)19-5-3-2-4-6-19/h2-10,21-22H,11-15H2,1H3,(H,26,29). The Morgan fingerprint density at radius 1 is 1.03 bits per heavy atom. The van der Waals surface area contributed by atoms with Gasteiger partial charge in [-0.15, -0.1) is 0 Å². The molecular formula is C23H25BrN4O2. The van der Waals surface area contributed by atoms with Crippen LogP contribution < -0.4 is 5.32 Å². The summed E-state index contributed by atoms with van der Waals surface area (Å²) in [5.74, 6) is -0.162. The zero-order valence-electron chi connectivity index (χ0n) is 16.9. The molecule has 2 amide bonds. The molecule has 3 rings (SSSR count). The Morgan fingerprint density at radius 2 is 1.67 bits per heavy atom. The number of amides is 2. The van der Waals surface area contributed by atoms with Crippen LogP contribution in [0.2, 0.25) is 0 Å². The smallest absolute Gasteiger partial charge is 0.225 e. The van der Waals surface area contributed by atoms with Crippen LogP contribution in [-0.4, -0.2) is 47.8 Å². The Hall–Kier alpha value is -2.69. The van der Waals surface area contributed by atoms with Crippen molar-refractivity contribution >= 4 is 27.7 Å². The van der Waals surface area contributed by atoms with Crippen LogP contribution in [0.1, 0.15) is 36.6 Å². The molecule has 156 valence electrons. The van der Waals surface area contributed by atoms with E-state index in [1.165, 1.54) is 6.92 Å². The molecule has 2 atom stereocenters. The Kier molecular flexibility index (Phi) is 7.61. The lowest BCUT2D eigenvalue weighted by Gasteiger charge is -2.37. The highest BCUT2D eigenvalue weighted by Crippen LogP contribution is 2.24. The molecule has 0 spiro atoms. The third-order valence-corrected chi connectivity index (χ3v) is 5.83. The SMILES string of the molecule is CC(=O)NC(CC(=O)N1CCN(C(C#N)c2ccccc2)CC1)c1ccc(Br)cc1. The molecule has 1 N–H and O–H groups in total. The van der Waals surface area contributed by atoms with E-state index in [-0.39, 0.29) is 30.3 Å². The summed E-state index contributed by atoms with van der Waals surface area (Å²) < 4.78 is 0.945. The van der Waals surface area contributed by atoms with Gasteiger partial charge in [0.25, 0.3) is 0 Å². The van der Waals surface area contributed by atoms with Gasteiger partial charge in [-0.1, -0.05) is 58.4 Å². The van der Waals surface area contributed by atoms with E-state index in [0.29, 0.717) is 26.2 Å². The van der Waals surface area contributed by atoms with E-state index in [1.807, 2.05) is 59.5 Å². The van der Waals surface area contributed by atoms with Gasteiger partial charge in [0.05, 0.1) is 18.5 Å². The largest absolute Gasteiger partial charge is 0.349 e. The van der Waals surface area contributed by atoms with Gasteiger partial charge < -0.3 is 10.2 Å². The second-order valence-electron chi connectivity index (χ2n) is 7.37. The van der Waals surface area contributed by atoms with Gasteiger partial charge in [0, 0.05) is 37.6 Å². The van der Waals surface area contributed by atoms with E-state index in [9.17, 15) is 14.9 Å². The Balaban J connectivity index is 1.61. The molecule has 6 nitrogen and oxygen atoms in total. The van der Waals surface area contributed by atoms with Gasteiger partial charge in [0.1, 0.15) is 6.04 Å². The van der Waals surface area contributed by atoms with Crippen molar-refractivity contribution in [2.24, 2.45) is 0 Å². The number of nitriles is 1. The molecular weight excluding hydrogens is 444 g/mol. The highest BCUT2D eigenvalue weighted by molar-refractivity contribution is 9.10. The first-order valence-corrected chi connectivity index (χ1v) is 10.8. The number of nitrogens with zero attached hydrogens (tertiary/aromatic N) is 3. The normalized spacial score (nSPS) is 16.4. The fourth-order valence-corrected chi connectivity index (χ4v) is 3.99. The third-order valence-electron chi connectivity index (χ3n) is 5.30. The number of rotatable bonds is 6. The summed E-state index contributed by atoms with van der Waals surface area (Å²) in [6.45, 7) is 3.87. The number of piperazine rings is 1. The van der Waals surface area contributed by atoms with Crippen molar-refractivity contribution in [3.63, 3.8) is 0 Å². The number of hydrogen-bond acceptors (Lipinski definition) is 4. The molecule has 0 aromatic heterocycles. The average Bonchev–Trinajstić information content (AvgIpc) is 2.75. The molecule has 1 saturated heterocycles.